The Morgan fingerprint density at radius 1 is 1.06 bits per heavy atom. The standard InChI is InChI=1S/C14H12N2O/c15-11-6-7-13-10(8-11)9-16(14(13)17)12-4-2-1-3-5-12/h1-8H,9,15H2. The second kappa shape index (κ2) is 3.63. The zero-order valence-corrected chi connectivity index (χ0v) is 9.26. The van der Waals surface area contributed by atoms with Crippen molar-refractivity contribution >= 4 is 17.3 Å². The van der Waals surface area contributed by atoms with Gasteiger partial charge in [0.2, 0.25) is 0 Å². The highest BCUT2D eigenvalue weighted by Crippen LogP contribution is 2.29. The van der Waals surface area contributed by atoms with Crippen LogP contribution in [0.3, 0.4) is 0 Å². The molecular formula is C14H12N2O. The fourth-order valence-corrected chi connectivity index (χ4v) is 2.16. The number of hydrogen-bond donors (Lipinski definition) is 1. The maximum Gasteiger partial charge on any atom is 0.258 e. The third-order valence-corrected chi connectivity index (χ3v) is 3.00. The summed E-state index contributed by atoms with van der Waals surface area (Å²) in [6.07, 6.45) is 0. The first-order valence-electron chi connectivity index (χ1n) is 5.51. The molecule has 0 saturated heterocycles. The summed E-state index contributed by atoms with van der Waals surface area (Å²) in [5.41, 5.74) is 9.11. The lowest BCUT2D eigenvalue weighted by Gasteiger charge is -2.15. The molecule has 3 nitrogen and oxygen atoms in total. The minimum atomic E-state index is 0.0474. The van der Waals surface area contributed by atoms with Gasteiger partial charge in [0, 0.05) is 16.9 Å². The quantitative estimate of drug-likeness (QED) is 0.756. The van der Waals surface area contributed by atoms with Gasteiger partial charge in [0.1, 0.15) is 0 Å². The second-order valence-electron chi connectivity index (χ2n) is 4.14. The average molecular weight is 224 g/mol. The fraction of sp³-hybridized carbons (Fsp3) is 0.0714. The first-order valence-corrected chi connectivity index (χ1v) is 5.51. The number of nitrogens with zero attached hydrogens (tertiary/aromatic N) is 1. The Bertz CT molecular complexity index is 578. The molecule has 2 aromatic carbocycles. The van der Waals surface area contributed by atoms with E-state index < -0.39 is 0 Å². The van der Waals surface area contributed by atoms with Crippen LogP contribution in [-0.4, -0.2) is 5.91 Å². The van der Waals surface area contributed by atoms with E-state index in [0.29, 0.717) is 12.2 Å². The Kier molecular flexibility index (Phi) is 2.11. The van der Waals surface area contributed by atoms with Gasteiger partial charge in [-0.2, -0.15) is 0 Å². The number of hydrogen-bond acceptors (Lipinski definition) is 2. The number of carbonyl (C=O) groups excluding carboxylic acids is 1. The van der Waals surface area contributed by atoms with E-state index in [-0.39, 0.29) is 5.91 Å². The van der Waals surface area contributed by atoms with Crippen molar-refractivity contribution in [2.45, 2.75) is 6.54 Å². The number of para-hydroxylation sites is 1. The van der Waals surface area contributed by atoms with E-state index in [1.165, 1.54) is 0 Å². The van der Waals surface area contributed by atoms with Crippen molar-refractivity contribution in [3.63, 3.8) is 0 Å². The van der Waals surface area contributed by atoms with Crippen molar-refractivity contribution in [3.05, 3.63) is 59.7 Å². The van der Waals surface area contributed by atoms with Crippen molar-refractivity contribution < 1.29 is 4.79 Å². The van der Waals surface area contributed by atoms with E-state index >= 15 is 0 Å². The molecule has 1 amide bonds. The van der Waals surface area contributed by atoms with Gasteiger partial charge in [0.05, 0.1) is 6.54 Å². The van der Waals surface area contributed by atoms with Crippen LogP contribution >= 0.6 is 0 Å². The first kappa shape index (κ1) is 9.90. The lowest BCUT2D eigenvalue weighted by atomic mass is 10.1. The van der Waals surface area contributed by atoms with Gasteiger partial charge in [0.15, 0.2) is 0 Å². The van der Waals surface area contributed by atoms with Crippen LogP contribution in [0, 0.1) is 0 Å². The molecule has 0 atom stereocenters. The SMILES string of the molecule is Nc1ccc2c(c1)CN(c1ccccc1)C2=O. The number of benzene rings is 2. The third kappa shape index (κ3) is 1.56. The molecule has 0 bridgehead atoms. The molecular weight excluding hydrogens is 212 g/mol. The zero-order valence-electron chi connectivity index (χ0n) is 9.26. The molecule has 2 aromatic rings. The van der Waals surface area contributed by atoms with Crippen molar-refractivity contribution in [2.24, 2.45) is 0 Å². The van der Waals surface area contributed by atoms with Crippen molar-refractivity contribution in [2.75, 3.05) is 10.6 Å². The highest BCUT2D eigenvalue weighted by molar-refractivity contribution is 6.10. The van der Waals surface area contributed by atoms with Crippen LogP contribution in [0.5, 0.6) is 0 Å². The van der Waals surface area contributed by atoms with Gasteiger partial charge in [-0.05, 0) is 35.9 Å². The normalized spacial score (nSPS) is 13.9. The van der Waals surface area contributed by atoms with Gasteiger partial charge in [0.25, 0.3) is 5.91 Å². The molecule has 2 N–H and O–H groups in total. The van der Waals surface area contributed by atoms with Crippen LogP contribution in [0.1, 0.15) is 15.9 Å². The predicted octanol–water partition coefficient (Wildman–Crippen LogP) is 2.43. The molecule has 0 saturated carbocycles. The predicted molar refractivity (Wildman–Crippen MR) is 67.8 cm³/mol. The monoisotopic (exact) mass is 224 g/mol. The number of carbonyl (C=O) groups is 1. The highest BCUT2D eigenvalue weighted by Gasteiger charge is 2.28. The van der Waals surface area contributed by atoms with Crippen LogP contribution in [0.15, 0.2) is 48.5 Å². The summed E-state index contributed by atoms with van der Waals surface area (Å²) in [4.78, 5) is 14.0. The minimum absolute atomic E-state index is 0.0474. The summed E-state index contributed by atoms with van der Waals surface area (Å²) in [5, 5.41) is 0. The van der Waals surface area contributed by atoms with Gasteiger partial charge in [-0.3, -0.25) is 4.79 Å². The highest BCUT2D eigenvalue weighted by atomic mass is 16.2. The van der Waals surface area contributed by atoms with E-state index in [9.17, 15) is 4.79 Å². The topological polar surface area (TPSA) is 46.3 Å². The Morgan fingerprint density at radius 3 is 2.59 bits per heavy atom. The summed E-state index contributed by atoms with van der Waals surface area (Å²) in [7, 11) is 0. The Labute approximate surface area is 99.5 Å². The minimum Gasteiger partial charge on any atom is -0.399 e. The van der Waals surface area contributed by atoms with E-state index in [0.717, 1.165) is 16.8 Å². The van der Waals surface area contributed by atoms with Crippen LogP contribution in [0.2, 0.25) is 0 Å². The number of nitrogen functional groups attached to an aromatic ring is 1. The van der Waals surface area contributed by atoms with Crippen LogP contribution in [-0.2, 0) is 6.54 Å². The largest absolute Gasteiger partial charge is 0.399 e. The van der Waals surface area contributed by atoms with E-state index in [2.05, 4.69) is 0 Å². The fourth-order valence-electron chi connectivity index (χ4n) is 2.16. The Morgan fingerprint density at radius 2 is 1.82 bits per heavy atom. The van der Waals surface area contributed by atoms with Gasteiger partial charge < -0.3 is 10.6 Å². The smallest absolute Gasteiger partial charge is 0.258 e. The van der Waals surface area contributed by atoms with Crippen molar-refractivity contribution in [3.8, 4) is 0 Å². The number of anilines is 2. The molecule has 0 aromatic heterocycles. The maximum atomic E-state index is 12.2. The molecule has 3 rings (SSSR count). The van der Waals surface area contributed by atoms with E-state index in [1.54, 1.807) is 17.0 Å². The van der Waals surface area contributed by atoms with E-state index in [4.69, 9.17) is 5.73 Å². The summed E-state index contributed by atoms with van der Waals surface area (Å²) in [5.74, 6) is 0.0474. The van der Waals surface area contributed by atoms with Crippen LogP contribution in [0.25, 0.3) is 0 Å². The average Bonchev–Trinajstić information content (AvgIpc) is 2.67. The summed E-state index contributed by atoms with van der Waals surface area (Å²) in [6, 6.07) is 15.1. The molecule has 0 fully saturated rings. The molecule has 0 unspecified atom stereocenters. The lowest BCUT2D eigenvalue weighted by molar-refractivity contribution is 0.0996. The first-order chi connectivity index (χ1) is 8.25. The molecule has 3 heteroatoms. The molecule has 1 heterocycles. The van der Waals surface area contributed by atoms with Gasteiger partial charge in [-0.1, -0.05) is 18.2 Å². The number of nitrogens with two attached hydrogens (primary N) is 1. The molecule has 0 spiro atoms. The molecule has 84 valence electrons. The van der Waals surface area contributed by atoms with Gasteiger partial charge >= 0.3 is 0 Å². The summed E-state index contributed by atoms with van der Waals surface area (Å²) < 4.78 is 0. The number of rotatable bonds is 1. The van der Waals surface area contributed by atoms with Crippen molar-refractivity contribution in [1.82, 2.24) is 0 Å². The third-order valence-electron chi connectivity index (χ3n) is 3.00. The molecule has 1 aliphatic heterocycles. The lowest BCUT2D eigenvalue weighted by Crippen LogP contribution is -2.22. The summed E-state index contributed by atoms with van der Waals surface area (Å²) in [6.45, 7) is 0.600. The number of fused-ring (bicyclic) bond motifs is 1. The Balaban J connectivity index is 2.02. The maximum absolute atomic E-state index is 12.2. The summed E-state index contributed by atoms with van der Waals surface area (Å²) >= 11 is 0. The molecule has 0 radical (unpaired) electrons. The zero-order chi connectivity index (χ0) is 11.8. The van der Waals surface area contributed by atoms with Gasteiger partial charge in [-0.15, -0.1) is 0 Å². The van der Waals surface area contributed by atoms with E-state index in [1.807, 2.05) is 36.4 Å². The number of amides is 1. The van der Waals surface area contributed by atoms with Gasteiger partial charge in [-0.25, -0.2) is 0 Å². The van der Waals surface area contributed by atoms with Crippen LogP contribution in [0.4, 0.5) is 11.4 Å². The van der Waals surface area contributed by atoms with Crippen molar-refractivity contribution in [1.29, 1.82) is 0 Å². The Hall–Kier alpha value is -2.29. The van der Waals surface area contributed by atoms with Crippen LogP contribution < -0.4 is 10.6 Å². The molecule has 17 heavy (non-hydrogen) atoms. The second-order valence-corrected chi connectivity index (χ2v) is 4.14. The molecule has 1 aliphatic rings. The molecule has 0 aliphatic carbocycles.